The summed E-state index contributed by atoms with van der Waals surface area (Å²) in [5.41, 5.74) is 0.787. The van der Waals surface area contributed by atoms with Gasteiger partial charge in [0.2, 0.25) is 17.7 Å². The third-order valence-electron chi connectivity index (χ3n) is 4.95. The number of rotatable bonds is 4. The fraction of sp³-hybridized carbons (Fsp3) is 0.647. The van der Waals surface area contributed by atoms with Crippen LogP contribution in [0.4, 0.5) is 0 Å². The first kappa shape index (κ1) is 17.8. The molecule has 0 unspecified atom stereocenters. The number of piperidine rings is 1. The quantitative estimate of drug-likeness (QED) is 0.781. The highest BCUT2D eigenvalue weighted by Crippen LogP contribution is 2.29. The van der Waals surface area contributed by atoms with Crippen LogP contribution in [-0.2, 0) is 20.8 Å². The Morgan fingerprint density at radius 2 is 2.08 bits per heavy atom. The molecule has 3 saturated heterocycles. The molecule has 3 aliphatic rings. The standard InChI is InChI=1S/C17H24N4O3S/c1-11-18-13(10-25-11)6-15(22)20-7-12-4-5-14(8-20)21(17(12)24)9-16(23)19(2)3/h10,12,14H,4-9H2,1-3H3/t12-,14+/m0/s1. The summed E-state index contributed by atoms with van der Waals surface area (Å²) in [7, 11) is 3.38. The molecule has 0 N–H and O–H groups in total. The zero-order chi connectivity index (χ0) is 18.1. The fourth-order valence-electron chi connectivity index (χ4n) is 3.50. The SMILES string of the molecule is Cc1nc(CC(=O)N2C[C@@H]3CC[C@H](C2)N(CC(=O)N(C)C)C3=O)cs1. The molecule has 0 aliphatic carbocycles. The molecule has 3 aliphatic heterocycles. The van der Waals surface area contributed by atoms with Gasteiger partial charge in [0.1, 0.15) is 6.54 Å². The van der Waals surface area contributed by atoms with Crippen molar-refractivity contribution in [1.29, 1.82) is 0 Å². The summed E-state index contributed by atoms with van der Waals surface area (Å²) in [6.45, 7) is 2.97. The van der Waals surface area contributed by atoms with E-state index in [0.29, 0.717) is 13.1 Å². The Morgan fingerprint density at radius 1 is 1.32 bits per heavy atom. The molecule has 7 nitrogen and oxygen atoms in total. The van der Waals surface area contributed by atoms with E-state index in [2.05, 4.69) is 4.98 Å². The maximum Gasteiger partial charge on any atom is 0.241 e. The maximum atomic E-state index is 12.7. The first-order chi connectivity index (χ1) is 11.8. The summed E-state index contributed by atoms with van der Waals surface area (Å²) >= 11 is 1.53. The van der Waals surface area contributed by atoms with Crippen molar-refractivity contribution in [2.24, 2.45) is 5.92 Å². The van der Waals surface area contributed by atoms with Gasteiger partial charge >= 0.3 is 0 Å². The fourth-order valence-corrected chi connectivity index (χ4v) is 4.11. The molecule has 1 aromatic heterocycles. The summed E-state index contributed by atoms with van der Waals surface area (Å²) in [5, 5.41) is 2.86. The van der Waals surface area contributed by atoms with Crippen molar-refractivity contribution in [3.05, 3.63) is 16.1 Å². The molecular formula is C17H24N4O3S. The molecule has 4 rings (SSSR count). The topological polar surface area (TPSA) is 73.8 Å². The molecule has 136 valence electrons. The van der Waals surface area contributed by atoms with Crippen LogP contribution in [0.3, 0.4) is 0 Å². The van der Waals surface area contributed by atoms with E-state index in [4.69, 9.17) is 0 Å². The van der Waals surface area contributed by atoms with Crippen LogP contribution < -0.4 is 0 Å². The van der Waals surface area contributed by atoms with Crippen LogP contribution in [-0.4, -0.2) is 77.2 Å². The summed E-state index contributed by atoms with van der Waals surface area (Å²) in [6, 6.07) is -0.0729. The van der Waals surface area contributed by atoms with Crippen molar-refractivity contribution in [2.45, 2.75) is 32.2 Å². The van der Waals surface area contributed by atoms with E-state index in [1.807, 2.05) is 12.3 Å². The molecule has 4 heterocycles. The monoisotopic (exact) mass is 364 g/mol. The number of aromatic nitrogens is 1. The van der Waals surface area contributed by atoms with Crippen LogP contribution in [0.5, 0.6) is 0 Å². The number of hydrogen-bond donors (Lipinski definition) is 0. The number of carbonyl (C=O) groups is 3. The van der Waals surface area contributed by atoms with Crippen molar-refractivity contribution < 1.29 is 14.4 Å². The molecule has 0 radical (unpaired) electrons. The van der Waals surface area contributed by atoms with Crippen LogP contribution >= 0.6 is 11.3 Å². The van der Waals surface area contributed by atoms with Gasteiger partial charge in [0.25, 0.3) is 0 Å². The molecule has 2 bridgehead atoms. The van der Waals surface area contributed by atoms with Gasteiger partial charge < -0.3 is 14.7 Å². The largest absolute Gasteiger partial charge is 0.347 e. The number of fused-ring (bicyclic) bond motifs is 4. The number of aryl methyl sites for hydroxylation is 1. The predicted octanol–water partition coefficient (Wildman–Crippen LogP) is 0.532. The van der Waals surface area contributed by atoms with E-state index in [1.165, 1.54) is 16.2 Å². The average Bonchev–Trinajstić information content (AvgIpc) is 2.79. The Kier molecular flexibility index (Phi) is 5.08. The van der Waals surface area contributed by atoms with Gasteiger partial charge in [0.05, 0.1) is 23.0 Å². The molecule has 8 heteroatoms. The van der Waals surface area contributed by atoms with Crippen LogP contribution in [0.1, 0.15) is 23.5 Å². The minimum absolute atomic E-state index is 0.00579. The van der Waals surface area contributed by atoms with Gasteiger partial charge in [-0.1, -0.05) is 0 Å². The van der Waals surface area contributed by atoms with Crippen molar-refractivity contribution >= 4 is 29.1 Å². The lowest BCUT2D eigenvalue weighted by Crippen LogP contribution is -2.51. The number of hydrogen-bond acceptors (Lipinski definition) is 5. The Bertz CT molecular complexity index is 687. The number of carbonyl (C=O) groups excluding carboxylic acids is 3. The zero-order valence-corrected chi connectivity index (χ0v) is 15.7. The van der Waals surface area contributed by atoms with Gasteiger partial charge in [0, 0.05) is 38.6 Å². The molecule has 0 spiro atoms. The second kappa shape index (κ2) is 7.11. The predicted molar refractivity (Wildman–Crippen MR) is 94.1 cm³/mol. The van der Waals surface area contributed by atoms with Gasteiger partial charge in [-0.15, -0.1) is 11.3 Å². The summed E-state index contributed by atoms with van der Waals surface area (Å²) in [6.07, 6.45) is 1.90. The molecule has 2 atom stereocenters. The third-order valence-corrected chi connectivity index (χ3v) is 5.77. The second-order valence-electron chi connectivity index (χ2n) is 7.02. The van der Waals surface area contributed by atoms with Gasteiger partial charge in [0.15, 0.2) is 0 Å². The summed E-state index contributed by atoms with van der Waals surface area (Å²) in [4.78, 5) is 46.7. The van der Waals surface area contributed by atoms with Crippen molar-refractivity contribution in [1.82, 2.24) is 19.7 Å². The summed E-state index contributed by atoms with van der Waals surface area (Å²) < 4.78 is 0. The smallest absolute Gasteiger partial charge is 0.241 e. The van der Waals surface area contributed by atoms with E-state index < -0.39 is 0 Å². The lowest BCUT2D eigenvalue weighted by Gasteiger charge is -2.35. The number of likely N-dealkylation sites (N-methyl/N-ethyl adjacent to an activating group) is 1. The molecule has 1 aromatic rings. The highest BCUT2D eigenvalue weighted by Gasteiger charge is 2.42. The molecular weight excluding hydrogens is 340 g/mol. The minimum atomic E-state index is -0.199. The van der Waals surface area contributed by atoms with Gasteiger partial charge in [-0.2, -0.15) is 0 Å². The maximum absolute atomic E-state index is 12.7. The highest BCUT2D eigenvalue weighted by atomic mass is 32.1. The molecule has 0 aromatic carbocycles. The van der Waals surface area contributed by atoms with Crippen molar-refractivity contribution in [3.8, 4) is 0 Å². The highest BCUT2D eigenvalue weighted by molar-refractivity contribution is 7.09. The molecule has 3 fully saturated rings. The first-order valence-electron chi connectivity index (χ1n) is 8.54. The number of thiazole rings is 1. The van der Waals surface area contributed by atoms with Crippen LogP contribution in [0.25, 0.3) is 0 Å². The Labute approximate surface area is 151 Å². The van der Waals surface area contributed by atoms with Crippen LogP contribution in [0, 0.1) is 12.8 Å². The third kappa shape index (κ3) is 3.84. The van der Waals surface area contributed by atoms with Crippen LogP contribution in [0.15, 0.2) is 5.38 Å². The molecule has 25 heavy (non-hydrogen) atoms. The van der Waals surface area contributed by atoms with E-state index in [1.54, 1.807) is 23.9 Å². The van der Waals surface area contributed by atoms with Crippen molar-refractivity contribution in [2.75, 3.05) is 33.7 Å². The second-order valence-corrected chi connectivity index (χ2v) is 8.08. The Morgan fingerprint density at radius 3 is 2.72 bits per heavy atom. The Balaban J connectivity index is 1.70. The number of amides is 3. The van der Waals surface area contributed by atoms with Gasteiger partial charge in [-0.3, -0.25) is 14.4 Å². The van der Waals surface area contributed by atoms with E-state index >= 15 is 0 Å². The van der Waals surface area contributed by atoms with Crippen molar-refractivity contribution in [3.63, 3.8) is 0 Å². The molecule has 3 amide bonds. The number of nitrogens with zero attached hydrogens (tertiary/aromatic N) is 4. The van der Waals surface area contributed by atoms with Gasteiger partial charge in [-0.05, 0) is 19.8 Å². The average molecular weight is 364 g/mol. The Hall–Kier alpha value is -1.96. The first-order valence-corrected chi connectivity index (χ1v) is 9.42. The van der Waals surface area contributed by atoms with Crippen LogP contribution in [0.2, 0.25) is 0 Å². The zero-order valence-electron chi connectivity index (χ0n) is 14.9. The normalized spacial score (nSPS) is 22.9. The van der Waals surface area contributed by atoms with E-state index in [9.17, 15) is 14.4 Å². The van der Waals surface area contributed by atoms with Gasteiger partial charge in [-0.25, -0.2) is 4.98 Å². The lowest BCUT2D eigenvalue weighted by molar-refractivity contribution is -0.145. The summed E-state index contributed by atoms with van der Waals surface area (Å²) in [5.74, 6) is -0.270. The molecule has 0 saturated carbocycles. The van der Waals surface area contributed by atoms with E-state index in [-0.39, 0.29) is 42.6 Å². The lowest BCUT2D eigenvalue weighted by atomic mass is 9.94. The minimum Gasteiger partial charge on any atom is -0.347 e. The van der Waals surface area contributed by atoms with E-state index in [0.717, 1.165) is 23.5 Å².